The first-order valence-electron chi connectivity index (χ1n) is 27.5. The zero-order chi connectivity index (χ0) is 57.2. The summed E-state index contributed by atoms with van der Waals surface area (Å²) >= 11 is 0. The Balaban J connectivity index is 0.624. The summed E-state index contributed by atoms with van der Waals surface area (Å²) in [4.78, 5) is 85.2. The molecule has 0 unspecified atom stereocenters. The Morgan fingerprint density at radius 2 is 1.01 bits per heavy atom. The number of nitrogens with two attached hydrogens (primary N) is 1. The second kappa shape index (κ2) is 37.1. The minimum absolute atomic E-state index is 0.0497. The molecule has 0 saturated carbocycles. The maximum absolute atomic E-state index is 13.5. The maximum atomic E-state index is 13.5. The van der Waals surface area contributed by atoms with E-state index in [2.05, 4.69) is 15.6 Å². The van der Waals surface area contributed by atoms with Gasteiger partial charge in [0.1, 0.15) is 11.2 Å². The van der Waals surface area contributed by atoms with Gasteiger partial charge >= 0.3 is 12.0 Å². The first kappa shape index (κ1) is 64.0. The molecule has 81 heavy (non-hydrogen) atoms. The Hall–Kier alpha value is -6.14. The number of nitrogens with zero attached hydrogens (tertiary/aromatic N) is 3. The van der Waals surface area contributed by atoms with E-state index in [9.17, 15) is 28.8 Å². The van der Waals surface area contributed by atoms with Crippen LogP contribution in [0.25, 0.3) is 16.6 Å². The summed E-state index contributed by atoms with van der Waals surface area (Å²) in [5, 5.41) is 7.42. The molecule has 3 fully saturated rings. The molecule has 4 heterocycles. The normalized spacial score (nSPS) is 15.5. The van der Waals surface area contributed by atoms with E-state index >= 15 is 0 Å². The summed E-state index contributed by atoms with van der Waals surface area (Å²) < 4.78 is 66.0. The molecule has 0 aliphatic carbocycles. The predicted octanol–water partition coefficient (Wildman–Crippen LogP) is 1.94. The molecule has 6 amide bonds. The number of urea groups is 1. The summed E-state index contributed by atoms with van der Waals surface area (Å²) in [6, 6.07) is 15.9. The molecule has 0 atom stereocenters. The molecular formula is C55H79N7O19. The lowest BCUT2D eigenvalue weighted by Crippen LogP contribution is -2.56. The standard InChI is InChI=1S/C55H79N7O19/c56-46(43-6-7-47-44(40-43)41-48(58-47)52(66)60-14-11-55(12-15-60)53(67)61(54(68)59-55)45-4-2-1-3-5-45)42-57-13-17-70-19-21-72-23-25-74-27-29-76-31-33-78-35-37-80-39-38-79-36-34-77-32-30-75-28-26-73-24-22-71-20-18-69-16-10-51(65)81-62-49(63)8-9-50(62)64/h1-7,40-42,57-58H,8-39,56H2,(H,59,68)/b46-42-. The fraction of sp³-hybridized carbons (Fsp3) is 0.600. The molecule has 3 aromatic rings. The molecule has 1 aromatic heterocycles. The van der Waals surface area contributed by atoms with Gasteiger partial charge in [-0.2, -0.15) is 0 Å². The van der Waals surface area contributed by atoms with Gasteiger partial charge in [0.05, 0.1) is 176 Å². The Morgan fingerprint density at radius 1 is 0.568 bits per heavy atom. The molecule has 1 spiro atoms. The molecule has 3 saturated heterocycles. The van der Waals surface area contributed by atoms with Crippen LogP contribution in [0, 0.1) is 0 Å². The zero-order valence-corrected chi connectivity index (χ0v) is 46.1. The average Bonchev–Trinajstić information content (AvgIpc) is 4.15. The van der Waals surface area contributed by atoms with E-state index in [1.165, 1.54) is 4.90 Å². The third-order valence-electron chi connectivity index (χ3n) is 12.7. The van der Waals surface area contributed by atoms with Crippen LogP contribution in [0.1, 0.15) is 48.2 Å². The van der Waals surface area contributed by atoms with Gasteiger partial charge in [-0.15, -0.1) is 5.06 Å². The van der Waals surface area contributed by atoms with E-state index in [0.29, 0.717) is 200 Å². The highest BCUT2D eigenvalue weighted by molar-refractivity contribution is 6.23. The number of nitrogens with one attached hydrogen (secondary N) is 3. The highest BCUT2D eigenvalue weighted by Gasteiger charge is 2.53. The van der Waals surface area contributed by atoms with Crippen molar-refractivity contribution in [3.8, 4) is 0 Å². The fourth-order valence-electron chi connectivity index (χ4n) is 8.34. The molecule has 5 N–H and O–H groups in total. The molecule has 26 heteroatoms. The quantitative estimate of drug-likeness (QED) is 0.0357. The number of carbonyl (C=O) groups excluding carboxylic acids is 6. The van der Waals surface area contributed by atoms with Crippen molar-refractivity contribution in [1.29, 1.82) is 0 Å². The largest absolute Gasteiger partial charge is 0.397 e. The van der Waals surface area contributed by atoms with Crippen LogP contribution >= 0.6 is 0 Å². The number of ether oxygens (including phenoxy) is 12. The van der Waals surface area contributed by atoms with Crippen LogP contribution in [-0.4, -0.2) is 234 Å². The van der Waals surface area contributed by atoms with Crippen molar-refractivity contribution in [3.63, 3.8) is 0 Å². The van der Waals surface area contributed by atoms with Crippen molar-refractivity contribution < 1.29 is 90.4 Å². The van der Waals surface area contributed by atoms with E-state index in [4.69, 9.17) is 67.4 Å². The Bertz CT molecular complexity index is 2390. The topological polar surface area (TPSA) is 298 Å². The van der Waals surface area contributed by atoms with Crippen LogP contribution in [0.5, 0.6) is 0 Å². The number of hydrogen-bond acceptors (Lipinski definition) is 21. The van der Waals surface area contributed by atoms with Gasteiger partial charge in [-0.05, 0) is 48.7 Å². The summed E-state index contributed by atoms with van der Waals surface area (Å²) in [5.41, 5.74) is 8.43. The van der Waals surface area contributed by atoms with Gasteiger partial charge in [-0.3, -0.25) is 19.2 Å². The number of hydroxylamine groups is 2. The van der Waals surface area contributed by atoms with Gasteiger partial charge in [0.15, 0.2) is 0 Å². The first-order valence-corrected chi connectivity index (χ1v) is 27.5. The second-order valence-electron chi connectivity index (χ2n) is 18.5. The number of amides is 6. The van der Waals surface area contributed by atoms with Crippen molar-refractivity contribution in [1.82, 2.24) is 25.6 Å². The van der Waals surface area contributed by atoms with Crippen molar-refractivity contribution >= 4 is 57.9 Å². The van der Waals surface area contributed by atoms with Crippen LogP contribution in [0.4, 0.5) is 10.5 Å². The van der Waals surface area contributed by atoms with E-state index in [1.54, 1.807) is 41.4 Å². The van der Waals surface area contributed by atoms with E-state index < -0.39 is 29.4 Å². The lowest BCUT2D eigenvalue weighted by atomic mass is 9.87. The van der Waals surface area contributed by atoms with E-state index in [0.717, 1.165) is 16.5 Å². The van der Waals surface area contributed by atoms with Gasteiger partial charge in [-0.1, -0.05) is 24.3 Å². The van der Waals surface area contributed by atoms with E-state index in [-0.39, 0.29) is 44.3 Å². The second-order valence-corrected chi connectivity index (χ2v) is 18.5. The van der Waals surface area contributed by atoms with Gasteiger partial charge < -0.3 is 87.9 Å². The van der Waals surface area contributed by atoms with Gasteiger partial charge in [0.25, 0.3) is 23.6 Å². The summed E-state index contributed by atoms with van der Waals surface area (Å²) in [7, 11) is 0. The smallest absolute Gasteiger partial charge is 0.335 e. The van der Waals surface area contributed by atoms with Crippen LogP contribution < -0.4 is 21.3 Å². The summed E-state index contributed by atoms with van der Waals surface area (Å²) in [5.74, 6) is -2.21. The number of imide groups is 2. The van der Waals surface area contributed by atoms with Crippen LogP contribution in [0.2, 0.25) is 0 Å². The van der Waals surface area contributed by atoms with Crippen LogP contribution in [0.15, 0.2) is 60.8 Å². The fourth-order valence-corrected chi connectivity index (χ4v) is 8.34. The Labute approximate surface area is 471 Å². The van der Waals surface area contributed by atoms with Crippen LogP contribution in [0.3, 0.4) is 0 Å². The molecule has 3 aliphatic rings. The van der Waals surface area contributed by atoms with Crippen molar-refractivity contribution in [2.45, 2.75) is 37.6 Å². The molecule has 26 nitrogen and oxygen atoms in total. The number of carbonyl (C=O) groups is 6. The SMILES string of the molecule is N/C(=C\NCCOCCOCCOCCOCCOCCOCCOCCOCCOCCOCCOCCOCCC(=O)ON1C(=O)CCC1=O)c1ccc2[nH]c(C(=O)N3CCC4(CC3)NC(=O)N(c3ccccc3)C4=O)cc2c1. The number of H-pyrrole nitrogens is 1. The number of para-hydroxylation sites is 1. The minimum atomic E-state index is -1.03. The van der Waals surface area contributed by atoms with Crippen molar-refractivity contribution in [2.75, 3.05) is 183 Å². The Morgan fingerprint density at radius 3 is 1.48 bits per heavy atom. The number of aromatic nitrogens is 1. The number of piperidine rings is 1. The lowest BCUT2D eigenvalue weighted by Gasteiger charge is -2.37. The third-order valence-corrected chi connectivity index (χ3v) is 12.7. The summed E-state index contributed by atoms with van der Waals surface area (Å²) in [6.07, 6.45) is 2.39. The number of likely N-dealkylation sites (tertiary alicyclic amines) is 1. The van der Waals surface area contributed by atoms with Crippen LogP contribution in [-0.2, 0) is 80.9 Å². The molecule has 6 rings (SSSR count). The maximum Gasteiger partial charge on any atom is 0.335 e. The number of anilines is 1. The zero-order valence-electron chi connectivity index (χ0n) is 46.1. The van der Waals surface area contributed by atoms with Gasteiger partial charge in [0.2, 0.25) is 0 Å². The highest BCUT2D eigenvalue weighted by Crippen LogP contribution is 2.33. The van der Waals surface area contributed by atoms with Gasteiger partial charge in [-0.25, -0.2) is 14.5 Å². The van der Waals surface area contributed by atoms with E-state index in [1.807, 2.05) is 24.3 Å². The highest BCUT2D eigenvalue weighted by atomic mass is 16.7. The molecule has 0 bridgehead atoms. The molecule has 2 aromatic carbocycles. The first-order chi connectivity index (χ1) is 39.6. The lowest BCUT2D eigenvalue weighted by molar-refractivity contribution is -0.198. The number of hydrogen-bond donors (Lipinski definition) is 4. The van der Waals surface area contributed by atoms with Crippen molar-refractivity contribution in [2.24, 2.45) is 5.73 Å². The molecule has 448 valence electrons. The third kappa shape index (κ3) is 22.6. The predicted molar refractivity (Wildman–Crippen MR) is 290 cm³/mol. The Kier molecular flexibility index (Phi) is 29.3. The monoisotopic (exact) mass is 1140 g/mol. The average molecular weight is 1140 g/mol. The molecule has 3 aliphatic heterocycles. The number of rotatable bonds is 44. The summed E-state index contributed by atoms with van der Waals surface area (Å²) in [6.45, 7) is 11.1. The van der Waals surface area contributed by atoms with Crippen molar-refractivity contribution in [3.05, 3.63) is 72.1 Å². The molecule has 0 radical (unpaired) electrons. The van der Waals surface area contributed by atoms with Gasteiger partial charge in [0, 0.05) is 49.6 Å². The molecular weight excluding hydrogens is 1060 g/mol. The number of fused-ring (bicyclic) bond motifs is 1. The number of aromatic amines is 1. The minimum Gasteiger partial charge on any atom is -0.397 e. The number of benzene rings is 2.